The highest BCUT2D eigenvalue weighted by Gasteiger charge is 2.30. The summed E-state index contributed by atoms with van der Waals surface area (Å²) in [6.45, 7) is 0. The molecule has 0 fully saturated rings. The van der Waals surface area contributed by atoms with Gasteiger partial charge in [-0.3, -0.25) is 0 Å². The molecule has 0 unspecified atom stereocenters. The van der Waals surface area contributed by atoms with Crippen LogP contribution in [0.1, 0.15) is 22.3 Å². The van der Waals surface area contributed by atoms with Crippen molar-refractivity contribution in [2.24, 2.45) is 0 Å². The van der Waals surface area contributed by atoms with E-state index in [-0.39, 0.29) is 5.57 Å². The molecule has 0 aliphatic rings. The van der Waals surface area contributed by atoms with Crippen LogP contribution in [0.5, 0.6) is 0 Å². The fourth-order valence-corrected chi connectivity index (χ4v) is 2.38. The van der Waals surface area contributed by atoms with Crippen molar-refractivity contribution in [1.29, 1.82) is 0 Å². The molecule has 0 saturated heterocycles. The minimum Gasteiger partial charge on any atom is -0.503 e. The molecule has 0 saturated carbocycles. The SMILES string of the molecule is CO/C=C(/C(=O)O)c1ccccc1/C=C/C=C/c1cccc(C(F)(F)F)c1. The number of halogens is 3. The van der Waals surface area contributed by atoms with Crippen LogP contribution >= 0.6 is 0 Å². The van der Waals surface area contributed by atoms with Crippen LogP contribution in [0.15, 0.2) is 66.9 Å². The molecule has 6 heteroatoms. The molecule has 0 spiro atoms. The molecule has 0 amide bonds. The Balaban J connectivity index is 2.24. The fraction of sp³-hybridized carbons (Fsp3) is 0.0952. The van der Waals surface area contributed by atoms with Gasteiger partial charge in [-0.15, -0.1) is 0 Å². The molecule has 0 aromatic heterocycles. The van der Waals surface area contributed by atoms with Gasteiger partial charge in [-0.05, 0) is 28.8 Å². The van der Waals surface area contributed by atoms with Crippen molar-refractivity contribution >= 4 is 23.7 Å². The van der Waals surface area contributed by atoms with E-state index in [1.54, 1.807) is 48.6 Å². The van der Waals surface area contributed by atoms with E-state index in [0.29, 0.717) is 16.7 Å². The van der Waals surface area contributed by atoms with Crippen LogP contribution in [0.4, 0.5) is 13.2 Å². The zero-order valence-corrected chi connectivity index (χ0v) is 14.4. The lowest BCUT2D eigenvalue weighted by molar-refractivity contribution is -0.137. The smallest absolute Gasteiger partial charge is 0.416 e. The number of alkyl halides is 3. The second-order valence-electron chi connectivity index (χ2n) is 5.50. The van der Waals surface area contributed by atoms with Crippen LogP contribution in [0, 0.1) is 0 Å². The van der Waals surface area contributed by atoms with Crippen LogP contribution in [0.3, 0.4) is 0 Å². The van der Waals surface area contributed by atoms with Gasteiger partial charge in [0.25, 0.3) is 0 Å². The Labute approximate surface area is 154 Å². The van der Waals surface area contributed by atoms with E-state index in [2.05, 4.69) is 0 Å². The molecule has 2 rings (SSSR count). The second kappa shape index (κ2) is 8.89. The highest BCUT2D eigenvalue weighted by atomic mass is 19.4. The van der Waals surface area contributed by atoms with Crippen LogP contribution in [-0.2, 0) is 15.7 Å². The molecule has 0 bridgehead atoms. The van der Waals surface area contributed by atoms with Crippen molar-refractivity contribution in [3.05, 3.63) is 89.2 Å². The molecule has 1 N–H and O–H groups in total. The minimum absolute atomic E-state index is 0.000363. The van der Waals surface area contributed by atoms with E-state index >= 15 is 0 Å². The summed E-state index contributed by atoms with van der Waals surface area (Å²) in [7, 11) is 1.36. The Kier molecular flexibility index (Phi) is 6.60. The maximum absolute atomic E-state index is 12.7. The third-order valence-electron chi connectivity index (χ3n) is 3.61. The van der Waals surface area contributed by atoms with Gasteiger partial charge in [-0.1, -0.05) is 60.7 Å². The molecule has 0 radical (unpaired) electrons. The summed E-state index contributed by atoms with van der Waals surface area (Å²) in [4.78, 5) is 11.4. The van der Waals surface area contributed by atoms with Gasteiger partial charge in [-0.2, -0.15) is 13.2 Å². The Bertz CT molecular complexity index is 894. The van der Waals surface area contributed by atoms with E-state index in [0.717, 1.165) is 18.4 Å². The summed E-state index contributed by atoms with van der Waals surface area (Å²) in [6.07, 6.45) is 3.19. The quantitative estimate of drug-likeness (QED) is 0.412. The number of carboxylic acid groups (broad SMARTS) is 1. The van der Waals surface area contributed by atoms with Gasteiger partial charge in [0.2, 0.25) is 0 Å². The standard InChI is InChI=1S/C21H17F3O3/c1-27-14-19(20(25)26)18-12-5-4-10-16(18)9-3-2-7-15-8-6-11-17(13-15)21(22,23)24/h2-14H,1H3,(H,25,26)/b7-2+,9-3+,19-14+. The monoisotopic (exact) mass is 374 g/mol. The predicted octanol–water partition coefficient (Wildman–Crippen LogP) is 5.50. The van der Waals surface area contributed by atoms with E-state index in [9.17, 15) is 23.1 Å². The van der Waals surface area contributed by atoms with E-state index in [1.807, 2.05) is 0 Å². The molecule has 0 atom stereocenters. The molecule has 0 aliphatic heterocycles. The van der Waals surface area contributed by atoms with Gasteiger partial charge in [0, 0.05) is 0 Å². The first kappa shape index (κ1) is 20.0. The largest absolute Gasteiger partial charge is 0.503 e. The zero-order chi connectivity index (χ0) is 19.9. The molecule has 0 heterocycles. The molecule has 3 nitrogen and oxygen atoms in total. The Morgan fingerprint density at radius 1 is 1.04 bits per heavy atom. The lowest BCUT2D eigenvalue weighted by Gasteiger charge is -2.07. The van der Waals surface area contributed by atoms with Crippen molar-refractivity contribution in [2.75, 3.05) is 7.11 Å². The molecule has 27 heavy (non-hydrogen) atoms. The molecular formula is C21H17F3O3. The van der Waals surface area contributed by atoms with E-state index in [4.69, 9.17) is 4.74 Å². The van der Waals surface area contributed by atoms with Crippen LogP contribution in [0.25, 0.3) is 17.7 Å². The van der Waals surface area contributed by atoms with Crippen molar-refractivity contribution in [3.8, 4) is 0 Å². The number of rotatable bonds is 6. The second-order valence-corrected chi connectivity index (χ2v) is 5.50. The van der Waals surface area contributed by atoms with Gasteiger partial charge < -0.3 is 9.84 Å². The number of carboxylic acids is 1. The first-order valence-electron chi connectivity index (χ1n) is 7.90. The number of hydrogen-bond acceptors (Lipinski definition) is 2. The number of carbonyl (C=O) groups is 1. The average molecular weight is 374 g/mol. The van der Waals surface area contributed by atoms with Crippen molar-refractivity contribution < 1.29 is 27.8 Å². The van der Waals surface area contributed by atoms with Crippen LogP contribution in [0.2, 0.25) is 0 Å². The first-order valence-corrected chi connectivity index (χ1v) is 7.90. The fourth-order valence-electron chi connectivity index (χ4n) is 2.38. The molecule has 0 aliphatic carbocycles. The summed E-state index contributed by atoms with van der Waals surface area (Å²) >= 11 is 0. The van der Waals surface area contributed by atoms with Gasteiger partial charge in [0.15, 0.2) is 0 Å². The number of benzene rings is 2. The zero-order valence-electron chi connectivity index (χ0n) is 14.4. The number of ether oxygens (including phenoxy) is 1. The van der Waals surface area contributed by atoms with Crippen LogP contribution < -0.4 is 0 Å². The topological polar surface area (TPSA) is 46.5 Å². The summed E-state index contributed by atoms with van der Waals surface area (Å²) in [5.74, 6) is -1.13. The first-order chi connectivity index (χ1) is 12.8. The lowest BCUT2D eigenvalue weighted by atomic mass is 10.00. The summed E-state index contributed by atoms with van der Waals surface area (Å²) in [6, 6.07) is 11.8. The van der Waals surface area contributed by atoms with Gasteiger partial charge >= 0.3 is 12.1 Å². The highest BCUT2D eigenvalue weighted by Crippen LogP contribution is 2.29. The summed E-state index contributed by atoms with van der Waals surface area (Å²) in [5, 5.41) is 9.32. The molecular weight excluding hydrogens is 357 g/mol. The number of allylic oxidation sites excluding steroid dienone is 2. The van der Waals surface area contributed by atoms with Crippen LogP contribution in [-0.4, -0.2) is 18.2 Å². The van der Waals surface area contributed by atoms with E-state index < -0.39 is 17.7 Å². The number of aliphatic carboxylic acids is 1. The van der Waals surface area contributed by atoms with Crippen molar-refractivity contribution in [2.45, 2.75) is 6.18 Å². The third kappa shape index (κ3) is 5.60. The lowest BCUT2D eigenvalue weighted by Crippen LogP contribution is -2.04. The Morgan fingerprint density at radius 2 is 1.74 bits per heavy atom. The summed E-state index contributed by atoms with van der Waals surface area (Å²) < 4.78 is 43.0. The molecule has 2 aromatic carbocycles. The summed E-state index contributed by atoms with van der Waals surface area (Å²) in [5.41, 5.74) is 0.801. The van der Waals surface area contributed by atoms with Gasteiger partial charge in [0.05, 0.1) is 18.9 Å². The molecule has 2 aromatic rings. The number of methoxy groups -OCH3 is 1. The average Bonchev–Trinajstić information content (AvgIpc) is 2.63. The third-order valence-corrected chi connectivity index (χ3v) is 3.61. The maximum atomic E-state index is 12.7. The normalized spacial score (nSPS) is 12.7. The predicted molar refractivity (Wildman–Crippen MR) is 98.6 cm³/mol. The maximum Gasteiger partial charge on any atom is 0.416 e. The highest BCUT2D eigenvalue weighted by molar-refractivity contribution is 6.16. The Morgan fingerprint density at radius 3 is 2.41 bits per heavy atom. The van der Waals surface area contributed by atoms with Crippen molar-refractivity contribution in [1.82, 2.24) is 0 Å². The van der Waals surface area contributed by atoms with Gasteiger partial charge in [0.1, 0.15) is 5.57 Å². The van der Waals surface area contributed by atoms with Gasteiger partial charge in [-0.25, -0.2) is 4.79 Å². The van der Waals surface area contributed by atoms with Crippen molar-refractivity contribution in [3.63, 3.8) is 0 Å². The Hall–Kier alpha value is -3.28. The number of hydrogen-bond donors (Lipinski definition) is 1. The molecule has 140 valence electrons. The minimum atomic E-state index is -4.39. The van der Waals surface area contributed by atoms with E-state index in [1.165, 1.54) is 19.3 Å².